The fraction of sp³-hybridized carbons (Fsp3) is 0.182. The highest BCUT2D eigenvalue weighted by atomic mass is 19.1. The second-order valence-corrected chi connectivity index (χ2v) is 3.42. The summed E-state index contributed by atoms with van der Waals surface area (Å²) in [4.78, 5) is 6.90. The largest absolute Gasteiger partial charge is 0.483 e. The number of rotatable bonds is 4. The SMILES string of the molecule is NCc1cnc(COc2ccc(F)cc2F)[nH]1. The van der Waals surface area contributed by atoms with Gasteiger partial charge in [0.15, 0.2) is 11.6 Å². The first-order valence-corrected chi connectivity index (χ1v) is 4.99. The fourth-order valence-corrected chi connectivity index (χ4v) is 1.32. The molecule has 0 unspecified atom stereocenters. The number of hydrogen-bond acceptors (Lipinski definition) is 3. The lowest BCUT2D eigenvalue weighted by atomic mass is 10.3. The summed E-state index contributed by atoms with van der Waals surface area (Å²) in [6, 6.07) is 3.13. The number of nitrogens with zero attached hydrogens (tertiary/aromatic N) is 1. The molecule has 0 saturated heterocycles. The predicted molar refractivity (Wildman–Crippen MR) is 57.2 cm³/mol. The van der Waals surface area contributed by atoms with E-state index in [1.807, 2.05) is 0 Å². The van der Waals surface area contributed by atoms with Crippen LogP contribution in [0.25, 0.3) is 0 Å². The van der Waals surface area contributed by atoms with Gasteiger partial charge >= 0.3 is 0 Å². The molecule has 1 aromatic carbocycles. The molecule has 1 heterocycles. The van der Waals surface area contributed by atoms with Crippen LogP contribution in [0, 0.1) is 11.6 Å². The monoisotopic (exact) mass is 239 g/mol. The van der Waals surface area contributed by atoms with Gasteiger partial charge in [0.2, 0.25) is 0 Å². The highest BCUT2D eigenvalue weighted by Crippen LogP contribution is 2.18. The molecule has 90 valence electrons. The molecule has 0 fully saturated rings. The Morgan fingerprint density at radius 1 is 1.35 bits per heavy atom. The van der Waals surface area contributed by atoms with Crippen molar-refractivity contribution in [3.05, 3.63) is 47.5 Å². The van der Waals surface area contributed by atoms with E-state index >= 15 is 0 Å². The first-order valence-electron chi connectivity index (χ1n) is 4.99. The summed E-state index contributed by atoms with van der Waals surface area (Å²) in [6.45, 7) is 0.417. The molecule has 2 rings (SSSR count). The van der Waals surface area contributed by atoms with Gasteiger partial charge in [-0.1, -0.05) is 0 Å². The van der Waals surface area contributed by atoms with Gasteiger partial charge in [0.25, 0.3) is 0 Å². The van der Waals surface area contributed by atoms with Gasteiger partial charge in [-0.15, -0.1) is 0 Å². The van der Waals surface area contributed by atoms with Gasteiger partial charge in [0.05, 0.1) is 0 Å². The third kappa shape index (κ3) is 2.79. The molecule has 0 aliphatic rings. The normalized spacial score (nSPS) is 10.5. The van der Waals surface area contributed by atoms with Gasteiger partial charge in [-0.3, -0.25) is 0 Å². The maximum absolute atomic E-state index is 13.2. The van der Waals surface area contributed by atoms with Gasteiger partial charge in [-0.05, 0) is 12.1 Å². The minimum Gasteiger partial charge on any atom is -0.483 e. The van der Waals surface area contributed by atoms with Gasteiger partial charge < -0.3 is 15.5 Å². The van der Waals surface area contributed by atoms with Crippen LogP contribution in [0.4, 0.5) is 8.78 Å². The average molecular weight is 239 g/mol. The smallest absolute Gasteiger partial charge is 0.167 e. The lowest BCUT2D eigenvalue weighted by Gasteiger charge is -2.05. The number of imidazole rings is 1. The van der Waals surface area contributed by atoms with E-state index in [-0.39, 0.29) is 12.4 Å². The quantitative estimate of drug-likeness (QED) is 0.853. The average Bonchev–Trinajstić information content (AvgIpc) is 2.76. The molecule has 0 aliphatic carbocycles. The Hall–Kier alpha value is -1.95. The van der Waals surface area contributed by atoms with Crippen LogP contribution >= 0.6 is 0 Å². The number of H-pyrrole nitrogens is 1. The van der Waals surface area contributed by atoms with E-state index in [9.17, 15) is 8.78 Å². The molecule has 0 radical (unpaired) electrons. The summed E-state index contributed by atoms with van der Waals surface area (Å²) < 4.78 is 31.0. The second-order valence-electron chi connectivity index (χ2n) is 3.42. The molecule has 0 amide bonds. The minimum atomic E-state index is -0.740. The van der Waals surface area contributed by atoms with Gasteiger partial charge in [-0.2, -0.15) is 0 Å². The molecule has 0 bridgehead atoms. The van der Waals surface area contributed by atoms with Crippen molar-refractivity contribution in [3.8, 4) is 5.75 Å². The van der Waals surface area contributed by atoms with E-state index in [2.05, 4.69) is 9.97 Å². The summed E-state index contributed by atoms with van der Waals surface area (Å²) in [5.41, 5.74) is 6.16. The minimum absolute atomic E-state index is 0.0166. The molecular weight excluding hydrogens is 228 g/mol. The topological polar surface area (TPSA) is 63.9 Å². The van der Waals surface area contributed by atoms with Crippen molar-refractivity contribution in [3.63, 3.8) is 0 Å². The van der Waals surface area contributed by atoms with Crippen LogP contribution in [0.15, 0.2) is 24.4 Å². The molecule has 1 aromatic heterocycles. The van der Waals surface area contributed by atoms with Crippen molar-refractivity contribution in [2.75, 3.05) is 0 Å². The van der Waals surface area contributed by atoms with E-state index in [0.717, 1.165) is 17.8 Å². The van der Waals surface area contributed by atoms with Crippen molar-refractivity contribution in [2.45, 2.75) is 13.2 Å². The molecule has 0 spiro atoms. The molecule has 0 aliphatic heterocycles. The van der Waals surface area contributed by atoms with Crippen LogP contribution in [-0.2, 0) is 13.2 Å². The number of hydrogen-bond donors (Lipinski definition) is 2. The van der Waals surface area contributed by atoms with Crippen molar-refractivity contribution in [1.29, 1.82) is 0 Å². The highest BCUT2D eigenvalue weighted by Gasteiger charge is 2.06. The number of halogens is 2. The number of nitrogens with two attached hydrogens (primary N) is 1. The van der Waals surface area contributed by atoms with Gasteiger partial charge in [-0.25, -0.2) is 13.8 Å². The number of aromatic nitrogens is 2. The van der Waals surface area contributed by atoms with Crippen LogP contribution in [0.3, 0.4) is 0 Å². The van der Waals surface area contributed by atoms with Crippen LogP contribution in [0.2, 0.25) is 0 Å². The van der Waals surface area contributed by atoms with E-state index < -0.39 is 11.6 Å². The summed E-state index contributed by atoms with van der Waals surface area (Å²) in [5, 5.41) is 0. The van der Waals surface area contributed by atoms with E-state index in [1.165, 1.54) is 6.07 Å². The van der Waals surface area contributed by atoms with Crippen molar-refractivity contribution in [1.82, 2.24) is 9.97 Å². The number of nitrogens with one attached hydrogen (secondary N) is 1. The van der Waals surface area contributed by atoms with Gasteiger partial charge in [0, 0.05) is 24.5 Å². The maximum atomic E-state index is 13.2. The summed E-state index contributed by atoms with van der Waals surface area (Å²) in [7, 11) is 0. The van der Waals surface area contributed by atoms with Gasteiger partial charge in [0.1, 0.15) is 18.2 Å². The molecule has 17 heavy (non-hydrogen) atoms. The van der Waals surface area contributed by atoms with Crippen molar-refractivity contribution >= 4 is 0 Å². The highest BCUT2D eigenvalue weighted by molar-refractivity contribution is 5.24. The van der Waals surface area contributed by atoms with E-state index in [4.69, 9.17) is 10.5 Å². The molecule has 4 nitrogen and oxygen atoms in total. The van der Waals surface area contributed by atoms with Crippen LogP contribution in [-0.4, -0.2) is 9.97 Å². The number of ether oxygens (including phenoxy) is 1. The van der Waals surface area contributed by atoms with E-state index in [0.29, 0.717) is 12.4 Å². The summed E-state index contributed by atoms with van der Waals surface area (Å²) in [5.74, 6) is -0.861. The second kappa shape index (κ2) is 4.92. The first kappa shape index (κ1) is 11.5. The number of benzene rings is 1. The Labute approximate surface area is 96.4 Å². The zero-order chi connectivity index (χ0) is 12.3. The Kier molecular flexibility index (Phi) is 3.34. The fourth-order valence-electron chi connectivity index (χ4n) is 1.32. The first-order chi connectivity index (χ1) is 8.19. The number of aromatic amines is 1. The Bertz CT molecular complexity index is 513. The van der Waals surface area contributed by atoms with Crippen molar-refractivity contribution in [2.24, 2.45) is 5.73 Å². The van der Waals surface area contributed by atoms with Crippen LogP contribution in [0.1, 0.15) is 11.5 Å². The standard InChI is InChI=1S/C11H11F2N3O/c12-7-1-2-10(9(13)3-7)17-6-11-15-5-8(4-14)16-11/h1-3,5H,4,6,14H2,(H,15,16). The third-order valence-electron chi connectivity index (χ3n) is 2.16. The summed E-state index contributed by atoms with van der Waals surface area (Å²) >= 11 is 0. The maximum Gasteiger partial charge on any atom is 0.167 e. The van der Waals surface area contributed by atoms with E-state index in [1.54, 1.807) is 6.20 Å². The molecule has 3 N–H and O–H groups in total. The lowest BCUT2D eigenvalue weighted by Crippen LogP contribution is -2.01. The summed E-state index contributed by atoms with van der Waals surface area (Å²) in [6.07, 6.45) is 1.58. The Morgan fingerprint density at radius 2 is 2.18 bits per heavy atom. The Morgan fingerprint density at radius 3 is 2.82 bits per heavy atom. The van der Waals surface area contributed by atoms with Crippen molar-refractivity contribution < 1.29 is 13.5 Å². The molecule has 2 aromatic rings. The molecule has 0 atom stereocenters. The zero-order valence-corrected chi connectivity index (χ0v) is 8.91. The third-order valence-corrected chi connectivity index (χ3v) is 2.16. The lowest BCUT2D eigenvalue weighted by molar-refractivity contribution is 0.281. The molecule has 6 heteroatoms. The molecule has 0 saturated carbocycles. The Balaban J connectivity index is 2.02. The molecular formula is C11H11F2N3O. The zero-order valence-electron chi connectivity index (χ0n) is 8.91. The van der Waals surface area contributed by atoms with Crippen LogP contribution in [0.5, 0.6) is 5.75 Å². The predicted octanol–water partition coefficient (Wildman–Crippen LogP) is 1.73. The van der Waals surface area contributed by atoms with Crippen LogP contribution < -0.4 is 10.5 Å².